The van der Waals surface area contributed by atoms with E-state index in [2.05, 4.69) is 5.14 Å². The van der Waals surface area contributed by atoms with Crippen LogP contribution in [0.4, 0.5) is 0 Å². The minimum absolute atomic E-state index is 0.274. The topological polar surface area (TPSA) is 127 Å². The predicted octanol–water partition coefficient (Wildman–Crippen LogP) is -0.682. The smallest absolute Gasteiger partial charge is 0.336 e. The van der Waals surface area contributed by atoms with Gasteiger partial charge in [-0.2, -0.15) is 8.42 Å². The molecule has 0 aromatic heterocycles. The number of rotatable bonds is 3. The van der Waals surface area contributed by atoms with Crippen molar-refractivity contribution in [1.29, 1.82) is 0 Å². The number of carboxylic acid groups (broad SMARTS) is 1. The number of benzene rings is 1. The highest BCUT2D eigenvalue weighted by Gasteiger charge is 2.18. The van der Waals surface area contributed by atoms with E-state index in [1.54, 1.807) is 0 Å². The van der Waals surface area contributed by atoms with Gasteiger partial charge in [-0.1, -0.05) is 12.1 Å². The zero-order valence-electron chi connectivity index (χ0n) is 7.88. The summed E-state index contributed by atoms with van der Waals surface area (Å²) in [6.07, 6.45) is 0. The first kappa shape index (κ1) is 12.1. The highest BCUT2D eigenvalue weighted by Crippen LogP contribution is 2.08. The summed E-state index contributed by atoms with van der Waals surface area (Å²) in [4.78, 5) is 22.1. The quantitative estimate of drug-likeness (QED) is 0.649. The van der Waals surface area contributed by atoms with Crippen LogP contribution in [0.25, 0.3) is 0 Å². The van der Waals surface area contributed by atoms with Crippen molar-refractivity contribution in [3.63, 3.8) is 0 Å². The van der Waals surface area contributed by atoms with Gasteiger partial charge in [0, 0.05) is 0 Å². The van der Waals surface area contributed by atoms with Crippen LogP contribution in [-0.4, -0.2) is 25.4 Å². The predicted molar refractivity (Wildman–Crippen MR) is 54.0 cm³/mol. The zero-order valence-corrected chi connectivity index (χ0v) is 8.69. The van der Waals surface area contributed by atoms with E-state index in [-0.39, 0.29) is 11.1 Å². The molecule has 7 nitrogen and oxygen atoms in total. The third kappa shape index (κ3) is 3.04. The highest BCUT2D eigenvalue weighted by molar-refractivity contribution is 7.87. The maximum Gasteiger partial charge on any atom is 0.336 e. The number of aromatic carboxylic acids is 1. The van der Waals surface area contributed by atoms with Gasteiger partial charge in [-0.15, -0.1) is 0 Å². The number of carboxylic acids is 1. The van der Waals surface area contributed by atoms with E-state index in [0.717, 1.165) is 0 Å². The Balaban J connectivity index is 3.14. The number of nitrogens with one attached hydrogen (secondary N) is 1. The fraction of sp³-hybridized carbons (Fsp3) is 0. The van der Waals surface area contributed by atoms with Gasteiger partial charge in [-0.25, -0.2) is 14.7 Å². The molecule has 0 aliphatic rings. The third-order valence-corrected chi connectivity index (χ3v) is 2.11. The third-order valence-electron chi connectivity index (χ3n) is 1.64. The lowest BCUT2D eigenvalue weighted by atomic mass is 10.1. The zero-order chi connectivity index (χ0) is 12.3. The molecule has 0 aliphatic carbocycles. The summed E-state index contributed by atoms with van der Waals surface area (Å²) in [5.74, 6) is -2.42. The van der Waals surface area contributed by atoms with Gasteiger partial charge in [0.05, 0.1) is 11.1 Å². The minimum atomic E-state index is -4.21. The molecule has 1 amide bonds. The molecule has 0 radical (unpaired) electrons. The Kier molecular flexibility index (Phi) is 3.25. The van der Waals surface area contributed by atoms with Crippen LogP contribution in [0.15, 0.2) is 24.3 Å². The Labute approximate surface area is 91.1 Å². The molecule has 0 unspecified atom stereocenters. The fourth-order valence-electron chi connectivity index (χ4n) is 1.05. The van der Waals surface area contributed by atoms with Crippen molar-refractivity contribution in [3.8, 4) is 0 Å². The molecule has 0 fully saturated rings. The van der Waals surface area contributed by atoms with Gasteiger partial charge in [0.15, 0.2) is 0 Å². The summed E-state index contributed by atoms with van der Waals surface area (Å²) in [6, 6.07) is 5.19. The Hall–Kier alpha value is -1.93. The molecule has 0 atom stereocenters. The van der Waals surface area contributed by atoms with Crippen molar-refractivity contribution in [3.05, 3.63) is 35.4 Å². The van der Waals surface area contributed by atoms with Gasteiger partial charge in [0.1, 0.15) is 0 Å². The average molecular weight is 244 g/mol. The molecule has 0 aliphatic heterocycles. The van der Waals surface area contributed by atoms with Crippen LogP contribution >= 0.6 is 0 Å². The van der Waals surface area contributed by atoms with Gasteiger partial charge in [-0.3, -0.25) is 4.79 Å². The molecule has 1 rings (SSSR count). The summed E-state index contributed by atoms with van der Waals surface area (Å²) in [6.45, 7) is 0. The molecule has 1 aromatic rings. The highest BCUT2D eigenvalue weighted by atomic mass is 32.2. The maximum absolute atomic E-state index is 11.4. The number of carbonyl (C=O) groups excluding carboxylic acids is 1. The van der Waals surface area contributed by atoms with E-state index in [1.165, 1.54) is 29.0 Å². The normalized spacial score (nSPS) is 10.8. The first-order valence-corrected chi connectivity index (χ1v) is 5.53. The summed E-state index contributed by atoms with van der Waals surface area (Å²) in [5.41, 5.74) is -0.576. The lowest BCUT2D eigenvalue weighted by Crippen LogP contribution is -2.36. The number of carbonyl (C=O) groups is 2. The second kappa shape index (κ2) is 4.29. The first-order valence-electron chi connectivity index (χ1n) is 3.98. The van der Waals surface area contributed by atoms with E-state index in [9.17, 15) is 18.0 Å². The van der Waals surface area contributed by atoms with Crippen molar-refractivity contribution < 1.29 is 23.1 Å². The van der Waals surface area contributed by atoms with E-state index >= 15 is 0 Å². The maximum atomic E-state index is 11.4. The van der Waals surface area contributed by atoms with Crippen molar-refractivity contribution in [2.24, 2.45) is 5.14 Å². The molecule has 4 N–H and O–H groups in total. The lowest BCUT2D eigenvalue weighted by molar-refractivity contribution is 0.0691. The molecule has 0 bridgehead atoms. The minimum Gasteiger partial charge on any atom is -0.478 e. The summed E-state index contributed by atoms with van der Waals surface area (Å²) >= 11 is 0. The number of amides is 1. The second-order valence-corrected chi connectivity index (χ2v) is 4.12. The van der Waals surface area contributed by atoms with Crippen LogP contribution in [-0.2, 0) is 10.2 Å². The number of hydrogen-bond donors (Lipinski definition) is 3. The molecular formula is C8H8N2O5S. The molecular weight excluding hydrogens is 236 g/mol. The molecule has 1 aromatic carbocycles. The van der Waals surface area contributed by atoms with Gasteiger partial charge in [0.2, 0.25) is 0 Å². The van der Waals surface area contributed by atoms with E-state index < -0.39 is 22.1 Å². The van der Waals surface area contributed by atoms with Crippen LogP contribution in [0.5, 0.6) is 0 Å². The van der Waals surface area contributed by atoms with Crippen molar-refractivity contribution in [2.75, 3.05) is 0 Å². The average Bonchev–Trinajstić information content (AvgIpc) is 2.15. The largest absolute Gasteiger partial charge is 0.478 e. The molecule has 0 saturated heterocycles. The van der Waals surface area contributed by atoms with Crippen LogP contribution in [0.3, 0.4) is 0 Å². The fourth-order valence-corrected chi connectivity index (χ4v) is 1.42. The summed E-state index contributed by atoms with van der Waals surface area (Å²) < 4.78 is 22.7. The summed E-state index contributed by atoms with van der Waals surface area (Å²) in [7, 11) is -4.21. The molecule has 0 heterocycles. The van der Waals surface area contributed by atoms with Gasteiger partial charge >= 0.3 is 5.97 Å². The van der Waals surface area contributed by atoms with E-state index in [4.69, 9.17) is 5.11 Å². The van der Waals surface area contributed by atoms with Gasteiger partial charge < -0.3 is 5.11 Å². The lowest BCUT2D eigenvalue weighted by Gasteiger charge is -2.05. The molecule has 86 valence electrons. The van der Waals surface area contributed by atoms with E-state index in [0.29, 0.717) is 0 Å². The Bertz CT molecular complexity index is 537. The number of hydrogen-bond acceptors (Lipinski definition) is 4. The SMILES string of the molecule is NS(=O)(=O)NC(=O)c1ccccc1C(=O)O. The molecule has 8 heteroatoms. The Morgan fingerprint density at radius 1 is 1.19 bits per heavy atom. The van der Waals surface area contributed by atoms with Crippen LogP contribution < -0.4 is 9.86 Å². The van der Waals surface area contributed by atoms with Crippen molar-refractivity contribution >= 4 is 22.1 Å². The summed E-state index contributed by atoms with van der Waals surface area (Å²) in [5, 5.41) is 13.3. The standard InChI is InChI=1S/C8H8N2O5S/c9-16(14,15)10-7(11)5-3-1-2-4-6(5)8(12)13/h1-4H,(H,10,11)(H,12,13)(H2,9,14,15). The first-order chi connectivity index (χ1) is 7.31. The van der Waals surface area contributed by atoms with Crippen molar-refractivity contribution in [1.82, 2.24) is 4.72 Å². The molecule has 16 heavy (non-hydrogen) atoms. The van der Waals surface area contributed by atoms with Crippen molar-refractivity contribution in [2.45, 2.75) is 0 Å². The molecule has 0 saturated carbocycles. The van der Waals surface area contributed by atoms with Gasteiger partial charge in [-0.05, 0) is 12.1 Å². The van der Waals surface area contributed by atoms with Crippen LogP contribution in [0, 0.1) is 0 Å². The van der Waals surface area contributed by atoms with Gasteiger partial charge in [0.25, 0.3) is 16.1 Å². The second-order valence-electron chi connectivity index (χ2n) is 2.83. The number of nitrogens with two attached hydrogens (primary N) is 1. The molecule has 0 spiro atoms. The van der Waals surface area contributed by atoms with Crippen LogP contribution in [0.1, 0.15) is 20.7 Å². The van der Waals surface area contributed by atoms with Crippen LogP contribution in [0.2, 0.25) is 0 Å². The Morgan fingerprint density at radius 2 is 1.69 bits per heavy atom. The van der Waals surface area contributed by atoms with E-state index in [1.807, 2.05) is 0 Å². The monoisotopic (exact) mass is 244 g/mol. The Morgan fingerprint density at radius 3 is 2.12 bits per heavy atom.